The zero-order chi connectivity index (χ0) is 14.7. The standard InChI is InChI=1S/C17H16N2O2/c1-20-14-6-4-7-15(10-14)21-17-13(11-18)9-12-5-2-3-8-16(12)19-17/h2-10H,11,18H2,1H3. The minimum Gasteiger partial charge on any atom is -0.497 e. The molecule has 0 aliphatic carbocycles. The van der Waals surface area contributed by atoms with Crippen LogP contribution in [0.25, 0.3) is 10.9 Å². The first kappa shape index (κ1) is 13.4. The molecule has 2 N–H and O–H groups in total. The summed E-state index contributed by atoms with van der Waals surface area (Å²) in [6, 6.07) is 17.3. The molecule has 0 amide bonds. The van der Waals surface area contributed by atoms with Crippen LogP contribution < -0.4 is 15.2 Å². The van der Waals surface area contributed by atoms with Crippen molar-refractivity contribution in [3.05, 3.63) is 60.2 Å². The molecule has 4 heteroatoms. The van der Waals surface area contributed by atoms with Crippen LogP contribution in [0.3, 0.4) is 0 Å². The first-order valence-electron chi connectivity index (χ1n) is 6.71. The van der Waals surface area contributed by atoms with Crippen molar-refractivity contribution in [2.24, 2.45) is 5.73 Å². The number of fused-ring (bicyclic) bond motifs is 1. The van der Waals surface area contributed by atoms with Crippen molar-refractivity contribution in [1.29, 1.82) is 0 Å². The summed E-state index contributed by atoms with van der Waals surface area (Å²) in [6.45, 7) is 0.372. The third-order valence-electron chi connectivity index (χ3n) is 3.24. The lowest BCUT2D eigenvalue weighted by molar-refractivity contribution is 0.407. The van der Waals surface area contributed by atoms with Crippen molar-refractivity contribution < 1.29 is 9.47 Å². The number of rotatable bonds is 4. The minimum atomic E-state index is 0.372. The van der Waals surface area contributed by atoms with E-state index in [1.165, 1.54) is 0 Å². The number of hydrogen-bond acceptors (Lipinski definition) is 4. The first-order chi connectivity index (χ1) is 10.3. The molecule has 1 heterocycles. The summed E-state index contributed by atoms with van der Waals surface area (Å²) >= 11 is 0. The molecule has 0 saturated carbocycles. The fraction of sp³-hybridized carbons (Fsp3) is 0.118. The van der Waals surface area contributed by atoms with Crippen molar-refractivity contribution in [3.8, 4) is 17.4 Å². The van der Waals surface area contributed by atoms with Crippen LogP contribution in [-0.4, -0.2) is 12.1 Å². The Balaban J connectivity index is 2.02. The number of ether oxygens (including phenoxy) is 2. The Morgan fingerprint density at radius 1 is 1.00 bits per heavy atom. The zero-order valence-corrected chi connectivity index (χ0v) is 11.7. The van der Waals surface area contributed by atoms with Gasteiger partial charge in [-0.2, -0.15) is 0 Å². The topological polar surface area (TPSA) is 57.4 Å². The molecule has 0 fully saturated rings. The molecule has 0 spiro atoms. The number of para-hydroxylation sites is 1. The highest BCUT2D eigenvalue weighted by Crippen LogP contribution is 2.28. The van der Waals surface area contributed by atoms with Gasteiger partial charge in [-0.1, -0.05) is 24.3 Å². The van der Waals surface area contributed by atoms with E-state index in [1.54, 1.807) is 7.11 Å². The van der Waals surface area contributed by atoms with Gasteiger partial charge in [-0.3, -0.25) is 0 Å². The quantitative estimate of drug-likeness (QED) is 0.794. The fourth-order valence-electron chi connectivity index (χ4n) is 2.15. The van der Waals surface area contributed by atoms with Crippen LogP contribution in [0.15, 0.2) is 54.6 Å². The average Bonchev–Trinajstić information content (AvgIpc) is 2.54. The lowest BCUT2D eigenvalue weighted by Gasteiger charge is -2.11. The molecule has 0 bridgehead atoms. The Kier molecular flexibility index (Phi) is 3.71. The summed E-state index contributed by atoms with van der Waals surface area (Å²) < 4.78 is 11.1. The van der Waals surface area contributed by atoms with Crippen molar-refractivity contribution in [1.82, 2.24) is 4.98 Å². The second-order valence-corrected chi connectivity index (χ2v) is 4.63. The highest BCUT2D eigenvalue weighted by molar-refractivity contribution is 5.80. The van der Waals surface area contributed by atoms with Crippen LogP contribution in [0.2, 0.25) is 0 Å². The molecule has 0 atom stereocenters. The number of aromatic nitrogens is 1. The molecule has 4 nitrogen and oxygen atoms in total. The molecule has 0 saturated heterocycles. The minimum absolute atomic E-state index is 0.372. The zero-order valence-electron chi connectivity index (χ0n) is 11.7. The van der Waals surface area contributed by atoms with Gasteiger partial charge in [0.2, 0.25) is 5.88 Å². The second kappa shape index (κ2) is 5.81. The van der Waals surface area contributed by atoms with Gasteiger partial charge in [0.1, 0.15) is 11.5 Å². The third-order valence-corrected chi connectivity index (χ3v) is 3.24. The van der Waals surface area contributed by atoms with Gasteiger partial charge in [-0.05, 0) is 24.3 Å². The number of benzene rings is 2. The summed E-state index contributed by atoms with van der Waals surface area (Å²) in [6.07, 6.45) is 0. The average molecular weight is 280 g/mol. The monoisotopic (exact) mass is 280 g/mol. The van der Waals surface area contributed by atoms with E-state index >= 15 is 0 Å². The van der Waals surface area contributed by atoms with Gasteiger partial charge in [0, 0.05) is 23.6 Å². The maximum Gasteiger partial charge on any atom is 0.224 e. The Morgan fingerprint density at radius 2 is 1.81 bits per heavy atom. The molecular formula is C17H16N2O2. The molecule has 0 radical (unpaired) electrons. The Hall–Kier alpha value is -2.59. The van der Waals surface area contributed by atoms with Gasteiger partial charge < -0.3 is 15.2 Å². The Bertz CT molecular complexity index is 772. The van der Waals surface area contributed by atoms with E-state index in [1.807, 2.05) is 54.6 Å². The van der Waals surface area contributed by atoms with Gasteiger partial charge in [-0.15, -0.1) is 0 Å². The predicted molar refractivity (Wildman–Crippen MR) is 82.7 cm³/mol. The Morgan fingerprint density at radius 3 is 2.62 bits per heavy atom. The van der Waals surface area contributed by atoms with Crippen molar-refractivity contribution in [3.63, 3.8) is 0 Å². The van der Waals surface area contributed by atoms with Crippen LogP contribution in [0, 0.1) is 0 Å². The number of methoxy groups -OCH3 is 1. The van der Waals surface area contributed by atoms with Crippen molar-refractivity contribution >= 4 is 10.9 Å². The largest absolute Gasteiger partial charge is 0.497 e. The summed E-state index contributed by atoms with van der Waals surface area (Å²) in [5, 5.41) is 1.05. The van der Waals surface area contributed by atoms with Crippen LogP contribution in [0.1, 0.15) is 5.56 Å². The van der Waals surface area contributed by atoms with Crippen LogP contribution >= 0.6 is 0 Å². The van der Waals surface area contributed by atoms with Gasteiger partial charge in [0.05, 0.1) is 12.6 Å². The summed E-state index contributed by atoms with van der Waals surface area (Å²) in [7, 11) is 1.62. The molecular weight excluding hydrogens is 264 g/mol. The maximum atomic E-state index is 5.88. The van der Waals surface area contributed by atoms with E-state index in [2.05, 4.69) is 4.98 Å². The smallest absolute Gasteiger partial charge is 0.224 e. The molecule has 0 aliphatic heterocycles. The SMILES string of the molecule is COc1cccc(Oc2nc3ccccc3cc2CN)c1. The van der Waals surface area contributed by atoms with E-state index in [-0.39, 0.29) is 0 Å². The van der Waals surface area contributed by atoms with E-state index in [4.69, 9.17) is 15.2 Å². The lowest BCUT2D eigenvalue weighted by atomic mass is 10.1. The van der Waals surface area contributed by atoms with E-state index in [0.29, 0.717) is 18.2 Å². The summed E-state index contributed by atoms with van der Waals surface area (Å²) in [5.74, 6) is 1.94. The van der Waals surface area contributed by atoms with Crippen molar-refractivity contribution in [2.75, 3.05) is 7.11 Å². The van der Waals surface area contributed by atoms with E-state index in [0.717, 1.165) is 22.2 Å². The normalized spacial score (nSPS) is 10.6. The van der Waals surface area contributed by atoms with Crippen molar-refractivity contribution in [2.45, 2.75) is 6.54 Å². The molecule has 106 valence electrons. The predicted octanol–water partition coefficient (Wildman–Crippen LogP) is 3.49. The summed E-state index contributed by atoms with van der Waals surface area (Å²) in [4.78, 5) is 4.55. The Labute approximate surface area is 123 Å². The highest BCUT2D eigenvalue weighted by Gasteiger charge is 2.08. The molecule has 0 unspecified atom stereocenters. The van der Waals surface area contributed by atoms with Crippen LogP contribution in [0.4, 0.5) is 0 Å². The van der Waals surface area contributed by atoms with Gasteiger partial charge >= 0.3 is 0 Å². The summed E-state index contributed by atoms with van der Waals surface area (Å²) in [5.41, 5.74) is 7.56. The number of pyridine rings is 1. The van der Waals surface area contributed by atoms with E-state index in [9.17, 15) is 0 Å². The van der Waals surface area contributed by atoms with E-state index < -0.39 is 0 Å². The van der Waals surface area contributed by atoms with Gasteiger partial charge in [0.15, 0.2) is 0 Å². The molecule has 3 rings (SSSR count). The molecule has 3 aromatic rings. The first-order valence-corrected chi connectivity index (χ1v) is 6.71. The molecule has 21 heavy (non-hydrogen) atoms. The maximum absolute atomic E-state index is 5.88. The van der Waals surface area contributed by atoms with Crippen LogP contribution in [0.5, 0.6) is 17.4 Å². The lowest BCUT2D eigenvalue weighted by Crippen LogP contribution is -2.01. The number of hydrogen-bond donors (Lipinski definition) is 1. The fourth-order valence-corrected chi connectivity index (χ4v) is 2.15. The highest BCUT2D eigenvalue weighted by atomic mass is 16.5. The van der Waals surface area contributed by atoms with Gasteiger partial charge in [-0.25, -0.2) is 4.98 Å². The number of nitrogens with two attached hydrogens (primary N) is 1. The molecule has 0 aliphatic rings. The molecule has 2 aromatic carbocycles. The second-order valence-electron chi connectivity index (χ2n) is 4.63. The molecule has 1 aromatic heterocycles. The third kappa shape index (κ3) is 2.80. The van der Waals surface area contributed by atoms with Crippen LogP contribution in [-0.2, 0) is 6.54 Å². The number of nitrogens with zero attached hydrogens (tertiary/aromatic N) is 1. The van der Waals surface area contributed by atoms with Gasteiger partial charge in [0.25, 0.3) is 0 Å².